The van der Waals surface area contributed by atoms with Crippen LogP contribution < -0.4 is 4.90 Å². The standard InChI is InChI=1S/C21H27N3O/c25-21(24-14-6-2-1-3-7-15-24)18-16-17-10-4-5-11-19(17)22-20(18)23-12-8-9-13-23/h4-5,10-11,16H,1-3,6-9,12-15H2. The Balaban J connectivity index is 1.72. The minimum absolute atomic E-state index is 0.169. The van der Waals surface area contributed by atoms with Crippen LogP contribution in [0.4, 0.5) is 5.82 Å². The number of carbonyl (C=O) groups excluding carboxylic acids is 1. The quantitative estimate of drug-likeness (QED) is 0.822. The molecule has 25 heavy (non-hydrogen) atoms. The van der Waals surface area contributed by atoms with Gasteiger partial charge in [0.05, 0.1) is 11.1 Å². The predicted molar refractivity (Wildman–Crippen MR) is 102 cm³/mol. The van der Waals surface area contributed by atoms with Crippen LogP contribution in [0.1, 0.15) is 55.3 Å². The van der Waals surface area contributed by atoms with Gasteiger partial charge in [0.1, 0.15) is 5.82 Å². The molecule has 0 bridgehead atoms. The van der Waals surface area contributed by atoms with Gasteiger partial charge in [-0.2, -0.15) is 0 Å². The van der Waals surface area contributed by atoms with E-state index in [0.717, 1.165) is 61.3 Å². The van der Waals surface area contributed by atoms with Crippen molar-refractivity contribution in [1.82, 2.24) is 9.88 Å². The number of likely N-dealkylation sites (tertiary alicyclic amines) is 1. The maximum Gasteiger partial charge on any atom is 0.257 e. The van der Waals surface area contributed by atoms with Crippen LogP contribution in [0.2, 0.25) is 0 Å². The van der Waals surface area contributed by atoms with E-state index in [1.165, 1.54) is 32.1 Å². The van der Waals surface area contributed by atoms with Crippen molar-refractivity contribution in [2.24, 2.45) is 0 Å². The van der Waals surface area contributed by atoms with E-state index >= 15 is 0 Å². The molecule has 1 aromatic heterocycles. The molecule has 2 fully saturated rings. The molecule has 4 heteroatoms. The second kappa shape index (κ2) is 7.42. The highest BCUT2D eigenvalue weighted by atomic mass is 16.2. The van der Waals surface area contributed by atoms with E-state index in [0.29, 0.717) is 0 Å². The van der Waals surface area contributed by atoms with E-state index in [4.69, 9.17) is 4.98 Å². The first-order valence-electron chi connectivity index (χ1n) is 9.77. The van der Waals surface area contributed by atoms with Crippen molar-refractivity contribution in [3.05, 3.63) is 35.9 Å². The molecular weight excluding hydrogens is 310 g/mol. The van der Waals surface area contributed by atoms with Gasteiger partial charge in [-0.25, -0.2) is 4.98 Å². The monoisotopic (exact) mass is 337 g/mol. The molecule has 0 radical (unpaired) electrons. The minimum Gasteiger partial charge on any atom is -0.356 e. The zero-order valence-electron chi connectivity index (χ0n) is 14.9. The molecule has 4 rings (SSSR count). The van der Waals surface area contributed by atoms with Crippen molar-refractivity contribution in [2.45, 2.75) is 44.9 Å². The fourth-order valence-corrected chi connectivity index (χ4v) is 4.05. The molecule has 2 aromatic rings. The number of rotatable bonds is 2. The lowest BCUT2D eigenvalue weighted by Gasteiger charge is -2.27. The summed E-state index contributed by atoms with van der Waals surface area (Å²) < 4.78 is 0. The number of aromatic nitrogens is 1. The number of fused-ring (bicyclic) bond motifs is 1. The molecule has 132 valence electrons. The third-order valence-corrected chi connectivity index (χ3v) is 5.48. The van der Waals surface area contributed by atoms with Gasteiger partial charge in [-0.1, -0.05) is 37.5 Å². The molecule has 0 aliphatic carbocycles. The van der Waals surface area contributed by atoms with Gasteiger partial charge >= 0.3 is 0 Å². The van der Waals surface area contributed by atoms with Crippen molar-refractivity contribution >= 4 is 22.6 Å². The molecule has 1 aromatic carbocycles. The number of anilines is 1. The molecule has 3 heterocycles. The second-order valence-electron chi connectivity index (χ2n) is 7.31. The van der Waals surface area contributed by atoms with Gasteiger partial charge in [0, 0.05) is 31.6 Å². The molecular formula is C21H27N3O. The van der Waals surface area contributed by atoms with Crippen molar-refractivity contribution in [2.75, 3.05) is 31.1 Å². The Kier molecular flexibility index (Phi) is 4.86. The number of benzene rings is 1. The van der Waals surface area contributed by atoms with Gasteiger partial charge in [0.15, 0.2) is 0 Å². The Morgan fingerprint density at radius 3 is 2.24 bits per heavy atom. The molecule has 0 spiro atoms. The molecule has 2 saturated heterocycles. The molecule has 2 aliphatic rings. The summed E-state index contributed by atoms with van der Waals surface area (Å²) in [5.41, 5.74) is 1.77. The second-order valence-corrected chi connectivity index (χ2v) is 7.31. The van der Waals surface area contributed by atoms with Crippen LogP contribution in [0.25, 0.3) is 10.9 Å². The first kappa shape index (κ1) is 16.4. The average molecular weight is 337 g/mol. The fraction of sp³-hybridized carbons (Fsp3) is 0.524. The first-order valence-corrected chi connectivity index (χ1v) is 9.77. The SMILES string of the molecule is O=C(c1cc2ccccc2nc1N1CCCC1)N1CCCCCCC1. The number of pyridine rings is 1. The van der Waals surface area contributed by atoms with Gasteiger partial charge in [-0.3, -0.25) is 4.79 Å². The van der Waals surface area contributed by atoms with Crippen LogP contribution >= 0.6 is 0 Å². The van der Waals surface area contributed by atoms with Crippen molar-refractivity contribution in [1.29, 1.82) is 0 Å². The highest BCUT2D eigenvalue weighted by Gasteiger charge is 2.25. The highest BCUT2D eigenvalue weighted by molar-refractivity contribution is 6.02. The van der Waals surface area contributed by atoms with Gasteiger partial charge in [0.25, 0.3) is 5.91 Å². The summed E-state index contributed by atoms with van der Waals surface area (Å²) in [6.45, 7) is 3.77. The number of hydrogen-bond acceptors (Lipinski definition) is 3. The zero-order valence-corrected chi connectivity index (χ0v) is 14.9. The van der Waals surface area contributed by atoms with E-state index < -0.39 is 0 Å². The molecule has 0 atom stereocenters. The Morgan fingerprint density at radius 2 is 1.48 bits per heavy atom. The Hall–Kier alpha value is -2.10. The fourth-order valence-electron chi connectivity index (χ4n) is 4.05. The minimum atomic E-state index is 0.169. The summed E-state index contributed by atoms with van der Waals surface area (Å²) in [6.07, 6.45) is 8.38. The molecule has 0 unspecified atom stereocenters. The summed E-state index contributed by atoms with van der Waals surface area (Å²) in [4.78, 5) is 22.6. The number of para-hydroxylation sites is 1. The number of carbonyl (C=O) groups is 1. The van der Waals surface area contributed by atoms with E-state index in [1.807, 2.05) is 18.2 Å². The first-order chi connectivity index (χ1) is 12.3. The Bertz CT molecular complexity index is 744. The Labute approximate surface area is 149 Å². The van der Waals surface area contributed by atoms with Crippen LogP contribution in [-0.4, -0.2) is 42.0 Å². The maximum atomic E-state index is 13.3. The smallest absolute Gasteiger partial charge is 0.257 e. The van der Waals surface area contributed by atoms with Crippen molar-refractivity contribution in [3.8, 4) is 0 Å². The van der Waals surface area contributed by atoms with Gasteiger partial charge < -0.3 is 9.80 Å². The lowest BCUT2D eigenvalue weighted by Crippen LogP contribution is -2.35. The maximum absolute atomic E-state index is 13.3. The number of nitrogens with zero attached hydrogens (tertiary/aromatic N) is 3. The van der Waals surface area contributed by atoms with Crippen molar-refractivity contribution in [3.63, 3.8) is 0 Å². The van der Waals surface area contributed by atoms with Crippen LogP contribution in [0, 0.1) is 0 Å². The average Bonchev–Trinajstić information content (AvgIpc) is 3.14. The van der Waals surface area contributed by atoms with Crippen LogP contribution in [-0.2, 0) is 0 Å². The largest absolute Gasteiger partial charge is 0.356 e. The highest BCUT2D eigenvalue weighted by Crippen LogP contribution is 2.28. The van der Waals surface area contributed by atoms with E-state index in [-0.39, 0.29) is 5.91 Å². The zero-order chi connectivity index (χ0) is 17.1. The third-order valence-electron chi connectivity index (χ3n) is 5.48. The van der Waals surface area contributed by atoms with Gasteiger partial charge in [-0.05, 0) is 37.8 Å². The topological polar surface area (TPSA) is 36.4 Å². The number of hydrogen-bond donors (Lipinski definition) is 0. The third kappa shape index (κ3) is 3.48. The van der Waals surface area contributed by atoms with Crippen LogP contribution in [0.5, 0.6) is 0 Å². The summed E-state index contributed by atoms with van der Waals surface area (Å²) >= 11 is 0. The lowest BCUT2D eigenvalue weighted by molar-refractivity contribution is 0.0743. The normalized spacial score (nSPS) is 19.0. The molecule has 0 saturated carbocycles. The summed E-state index contributed by atoms with van der Waals surface area (Å²) in [5, 5.41) is 1.06. The summed E-state index contributed by atoms with van der Waals surface area (Å²) in [7, 11) is 0. The lowest BCUT2D eigenvalue weighted by atomic mass is 10.1. The molecule has 0 N–H and O–H groups in total. The van der Waals surface area contributed by atoms with Crippen molar-refractivity contribution < 1.29 is 4.79 Å². The summed E-state index contributed by atoms with van der Waals surface area (Å²) in [6, 6.07) is 10.2. The van der Waals surface area contributed by atoms with Gasteiger partial charge in [-0.15, -0.1) is 0 Å². The van der Waals surface area contributed by atoms with E-state index in [2.05, 4.69) is 21.9 Å². The summed E-state index contributed by atoms with van der Waals surface area (Å²) in [5.74, 6) is 1.06. The van der Waals surface area contributed by atoms with Gasteiger partial charge in [0.2, 0.25) is 0 Å². The van der Waals surface area contributed by atoms with E-state index in [1.54, 1.807) is 0 Å². The predicted octanol–water partition coefficient (Wildman–Crippen LogP) is 4.24. The van der Waals surface area contributed by atoms with Crippen LogP contribution in [0.3, 0.4) is 0 Å². The van der Waals surface area contributed by atoms with Crippen LogP contribution in [0.15, 0.2) is 30.3 Å². The Morgan fingerprint density at radius 1 is 0.840 bits per heavy atom. The number of amides is 1. The molecule has 4 nitrogen and oxygen atoms in total. The molecule has 1 amide bonds. The molecule has 2 aliphatic heterocycles. The van der Waals surface area contributed by atoms with E-state index in [9.17, 15) is 4.79 Å².